The van der Waals surface area contributed by atoms with Gasteiger partial charge in [-0.2, -0.15) is 0 Å². The Bertz CT molecular complexity index is 1120. The lowest BCUT2D eigenvalue weighted by atomic mass is 9.98. The lowest BCUT2D eigenvalue weighted by molar-refractivity contribution is 0.174. The van der Waals surface area contributed by atoms with Crippen molar-refractivity contribution >= 4 is 38.8 Å². The summed E-state index contributed by atoms with van der Waals surface area (Å²) in [6.45, 7) is 1.44. The number of halogens is 1. The maximum absolute atomic E-state index is 12.9. The smallest absolute Gasteiger partial charge is 0.265 e. The monoisotopic (exact) mass is 442 g/mol. The second-order valence-corrected chi connectivity index (χ2v) is 8.99. The SMILES string of the molecule is Cc1noc(NS(=O)(=O)c2ccsc2C(CO)c2ccc3c(c2)OCO3)c1Cl. The van der Waals surface area contributed by atoms with Gasteiger partial charge in [0.1, 0.15) is 15.6 Å². The zero-order chi connectivity index (χ0) is 19.9. The Labute approximate surface area is 169 Å². The van der Waals surface area contributed by atoms with E-state index in [4.69, 9.17) is 25.6 Å². The van der Waals surface area contributed by atoms with Crippen LogP contribution in [-0.2, 0) is 10.0 Å². The van der Waals surface area contributed by atoms with Crippen molar-refractivity contribution in [2.45, 2.75) is 17.7 Å². The van der Waals surface area contributed by atoms with E-state index in [1.165, 1.54) is 17.4 Å². The van der Waals surface area contributed by atoms with Crippen molar-refractivity contribution in [1.29, 1.82) is 0 Å². The fourth-order valence-electron chi connectivity index (χ4n) is 2.85. The lowest BCUT2D eigenvalue weighted by Crippen LogP contribution is -2.16. The zero-order valence-corrected chi connectivity index (χ0v) is 16.9. The number of aromatic nitrogens is 1. The van der Waals surface area contributed by atoms with Gasteiger partial charge < -0.3 is 19.1 Å². The summed E-state index contributed by atoms with van der Waals surface area (Å²) in [5.41, 5.74) is 1.08. The predicted octanol–water partition coefficient (Wildman–Crippen LogP) is 3.35. The molecule has 1 aliphatic heterocycles. The molecule has 0 spiro atoms. The minimum Gasteiger partial charge on any atom is -0.454 e. The van der Waals surface area contributed by atoms with Gasteiger partial charge in [0.25, 0.3) is 15.9 Å². The normalized spacial score (nSPS) is 14.2. The van der Waals surface area contributed by atoms with E-state index in [0.29, 0.717) is 27.6 Å². The number of hydrogen-bond acceptors (Lipinski definition) is 8. The summed E-state index contributed by atoms with van der Waals surface area (Å²) in [5, 5.41) is 15.4. The summed E-state index contributed by atoms with van der Waals surface area (Å²) in [7, 11) is -4.01. The fourth-order valence-corrected chi connectivity index (χ4v) is 5.64. The molecule has 3 aromatic rings. The summed E-state index contributed by atoms with van der Waals surface area (Å²) >= 11 is 7.24. The average molecular weight is 443 g/mol. The summed E-state index contributed by atoms with van der Waals surface area (Å²) in [6, 6.07) is 6.71. The molecule has 1 aliphatic rings. The first-order valence-corrected chi connectivity index (χ1v) is 10.9. The highest BCUT2D eigenvalue weighted by atomic mass is 35.5. The Hall–Kier alpha value is -2.27. The van der Waals surface area contributed by atoms with Gasteiger partial charge in [-0.15, -0.1) is 11.3 Å². The van der Waals surface area contributed by atoms with Crippen LogP contribution in [0.2, 0.25) is 5.02 Å². The van der Waals surface area contributed by atoms with Crippen molar-refractivity contribution in [3.05, 3.63) is 50.8 Å². The maximum atomic E-state index is 12.9. The van der Waals surface area contributed by atoms with Gasteiger partial charge in [-0.3, -0.25) is 0 Å². The number of aliphatic hydroxyl groups is 1. The fraction of sp³-hybridized carbons (Fsp3) is 0.235. The van der Waals surface area contributed by atoms with Gasteiger partial charge in [0, 0.05) is 10.8 Å². The number of fused-ring (bicyclic) bond motifs is 1. The van der Waals surface area contributed by atoms with Gasteiger partial charge in [-0.1, -0.05) is 22.8 Å². The van der Waals surface area contributed by atoms with Gasteiger partial charge in [-0.05, 0) is 36.1 Å². The molecule has 1 unspecified atom stereocenters. The summed E-state index contributed by atoms with van der Waals surface area (Å²) in [6.07, 6.45) is 0. The van der Waals surface area contributed by atoms with Crippen LogP contribution in [0.1, 0.15) is 22.1 Å². The van der Waals surface area contributed by atoms with E-state index in [1.54, 1.807) is 30.5 Å². The Morgan fingerprint density at radius 3 is 2.82 bits per heavy atom. The number of aliphatic hydroxyl groups excluding tert-OH is 1. The average Bonchev–Trinajstić information content (AvgIpc) is 3.39. The van der Waals surface area contributed by atoms with Crippen LogP contribution < -0.4 is 14.2 Å². The second kappa shape index (κ2) is 7.28. The van der Waals surface area contributed by atoms with Crippen LogP contribution in [0.15, 0.2) is 39.1 Å². The van der Waals surface area contributed by atoms with Gasteiger partial charge >= 0.3 is 0 Å². The molecule has 2 N–H and O–H groups in total. The number of rotatable bonds is 6. The highest BCUT2D eigenvalue weighted by Crippen LogP contribution is 2.40. The minimum absolute atomic E-state index is 0.0272. The number of hydrogen-bond donors (Lipinski definition) is 2. The number of nitrogens with zero attached hydrogens (tertiary/aromatic N) is 1. The molecule has 1 aromatic carbocycles. The lowest BCUT2D eigenvalue weighted by Gasteiger charge is -2.16. The molecule has 28 heavy (non-hydrogen) atoms. The molecule has 0 bridgehead atoms. The highest BCUT2D eigenvalue weighted by molar-refractivity contribution is 7.93. The zero-order valence-electron chi connectivity index (χ0n) is 14.5. The van der Waals surface area contributed by atoms with Crippen LogP contribution in [-0.4, -0.2) is 32.1 Å². The first-order chi connectivity index (χ1) is 13.4. The van der Waals surface area contributed by atoms with E-state index in [0.717, 1.165) is 0 Å². The first-order valence-electron chi connectivity index (χ1n) is 8.13. The third-order valence-electron chi connectivity index (χ3n) is 4.26. The number of nitrogens with one attached hydrogen (secondary N) is 1. The number of thiophene rings is 1. The number of benzene rings is 1. The van der Waals surface area contributed by atoms with Gasteiger partial charge in [-0.25, -0.2) is 13.1 Å². The standard InChI is InChI=1S/C17H15ClN2O6S2/c1-9-15(18)17(26-19-9)20-28(22,23)14-4-5-27-16(14)11(7-21)10-2-3-12-13(6-10)25-8-24-12/h2-6,11,20-21H,7-8H2,1H3. The number of ether oxygens (including phenoxy) is 2. The van der Waals surface area contributed by atoms with Crippen molar-refractivity contribution in [3.8, 4) is 11.5 Å². The molecule has 0 aliphatic carbocycles. The molecular weight excluding hydrogens is 428 g/mol. The Balaban J connectivity index is 1.70. The third-order valence-corrected chi connectivity index (χ3v) is 7.26. The van der Waals surface area contributed by atoms with Crippen molar-refractivity contribution in [2.24, 2.45) is 0 Å². The van der Waals surface area contributed by atoms with Crippen molar-refractivity contribution in [1.82, 2.24) is 5.16 Å². The van der Waals surface area contributed by atoms with Crippen molar-refractivity contribution in [3.63, 3.8) is 0 Å². The minimum atomic E-state index is -4.01. The first kappa shape index (κ1) is 19.1. The Morgan fingerprint density at radius 1 is 1.32 bits per heavy atom. The molecule has 8 nitrogen and oxygen atoms in total. The van der Waals surface area contributed by atoms with Crippen LogP contribution in [0.5, 0.6) is 11.5 Å². The van der Waals surface area contributed by atoms with Crippen LogP contribution in [0.3, 0.4) is 0 Å². The van der Waals surface area contributed by atoms with Crippen LogP contribution in [0, 0.1) is 6.92 Å². The van der Waals surface area contributed by atoms with E-state index in [1.807, 2.05) is 0 Å². The molecule has 2 aromatic heterocycles. The van der Waals surface area contributed by atoms with Crippen molar-refractivity contribution < 1.29 is 27.5 Å². The Kier molecular flexibility index (Phi) is 4.96. The number of aryl methyl sites for hydroxylation is 1. The van der Waals surface area contributed by atoms with Crippen molar-refractivity contribution in [2.75, 3.05) is 18.1 Å². The second-order valence-electron chi connectivity index (χ2n) is 6.01. The van der Waals surface area contributed by atoms with Crippen LogP contribution in [0.25, 0.3) is 0 Å². The van der Waals surface area contributed by atoms with Gasteiger partial charge in [0.2, 0.25) is 6.79 Å². The van der Waals surface area contributed by atoms with E-state index in [2.05, 4.69) is 9.88 Å². The maximum Gasteiger partial charge on any atom is 0.265 e. The van der Waals surface area contributed by atoms with Gasteiger partial charge in [0.15, 0.2) is 11.5 Å². The summed E-state index contributed by atoms with van der Waals surface area (Å²) in [4.78, 5) is 0.501. The summed E-state index contributed by atoms with van der Waals surface area (Å²) < 4.78 is 43.7. The van der Waals surface area contributed by atoms with E-state index < -0.39 is 15.9 Å². The quantitative estimate of drug-likeness (QED) is 0.602. The molecule has 0 amide bonds. The molecular formula is C17H15ClN2O6S2. The molecule has 4 rings (SSSR count). The number of sulfonamides is 1. The van der Waals surface area contributed by atoms with Gasteiger partial charge in [0.05, 0.1) is 6.61 Å². The molecule has 3 heterocycles. The van der Waals surface area contributed by atoms with E-state index in [9.17, 15) is 13.5 Å². The topological polar surface area (TPSA) is 111 Å². The number of anilines is 1. The van der Waals surface area contributed by atoms with Crippen LogP contribution in [0.4, 0.5) is 5.88 Å². The largest absolute Gasteiger partial charge is 0.454 e. The molecule has 0 saturated carbocycles. The van der Waals surface area contributed by atoms with Crippen LogP contribution >= 0.6 is 22.9 Å². The molecule has 1 atom stereocenters. The highest BCUT2D eigenvalue weighted by Gasteiger charge is 2.29. The summed E-state index contributed by atoms with van der Waals surface area (Å²) in [5.74, 6) is 0.448. The predicted molar refractivity (Wildman–Crippen MR) is 103 cm³/mol. The molecule has 0 radical (unpaired) electrons. The van der Waals surface area contributed by atoms with E-state index >= 15 is 0 Å². The van der Waals surface area contributed by atoms with E-state index in [-0.39, 0.29) is 29.2 Å². The molecule has 0 fully saturated rings. The molecule has 11 heteroatoms. The Morgan fingerprint density at radius 2 is 2.11 bits per heavy atom. The third kappa shape index (κ3) is 3.32. The molecule has 148 valence electrons. The molecule has 0 saturated heterocycles.